The van der Waals surface area contributed by atoms with E-state index in [1.807, 2.05) is 31.2 Å². The van der Waals surface area contributed by atoms with Crippen LogP contribution in [0.1, 0.15) is 29.9 Å². The second-order valence-corrected chi connectivity index (χ2v) is 4.65. The van der Waals surface area contributed by atoms with Gasteiger partial charge in [0, 0.05) is 10.6 Å². The highest BCUT2D eigenvalue weighted by atomic mass is 35.5. The zero-order valence-corrected chi connectivity index (χ0v) is 12.3. The SMILES string of the molecule is CCOC(=O)c1ccc(-c2ccccc2Cl)nc1CC. The maximum Gasteiger partial charge on any atom is 0.339 e. The van der Waals surface area contributed by atoms with E-state index in [0.29, 0.717) is 23.6 Å². The number of benzene rings is 1. The number of carbonyl (C=O) groups excluding carboxylic acids is 1. The van der Waals surface area contributed by atoms with E-state index in [2.05, 4.69) is 4.98 Å². The Morgan fingerprint density at radius 3 is 2.60 bits per heavy atom. The van der Waals surface area contributed by atoms with Crippen molar-refractivity contribution in [3.63, 3.8) is 0 Å². The third-order valence-corrected chi connectivity index (χ3v) is 3.28. The first-order chi connectivity index (χ1) is 9.67. The van der Waals surface area contributed by atoms with E-state index in [1.54, 1.807) is 19.1 Å². The molecule has 0 saturated heterocycles. The van der Waals surface area contributed by atoms with Crippen molar-refractivity contribution in [2.45, 2.75) is 20.3 Å². The van der Waals surface area contributed by atoms with Gasteiger partial charge in [0.25, 0.3) is 0 Å². The average molecular weight is 290 g/mol. The van der Waals surface area contributed by atoms with Crippen LogP contribution in [0, 0.1) is 0 Å². The molecule has 1 heterocycles. The highest BCUT2D eigenvalue weighted by Gasteiger charge is 2.14. The molecule has 2 rings (SSSR count). The normalized spacial score (nSPS) is 10.3. The van der Waals surface area contributed by atoms with Crippen LogP contribution in [0.2, 0.25) is 5.02 Å². The average Bonchev–Trinajstić information content (AvgIpc) is 2.47. The number of rotatable bonds is 4. The van der Waals surface area contributed by atoms with Crippen LogP contribution in [0.4, 0.5) is 0 Å². The lowest BCUT2D eigenvalue weighted by Gasteiger charge is -2.10. The van der Waals surface area contributed by atoms with Crippen molar-refractivity contribution in [1.29, 1.82) is 0 Å². The topological polar surface area (TPSA) is 39.2 Å². The molecular formula is C16H16ClNO2. The van der Waals surface area contributed by atoms with E-state index in [-0.39, 0.29) is 5.97 Å². The number of carbonyl (C=O) groups is 1. The number of hydrogen-bond donors (Lipinski definition) is 0. The molecule has 1 aromatic carbocycles. The zero-order chi connectivity index (χ0) is 14.5. The van der Waals surface area contributed by atoms with E-state index >= 15 is 0 Å². The van der Waals surface area contributed by atoms with E-state index < -0.39 is 0 Å². The third-order valence-electron chi connectivity index (χ3n) is 2.95. The first-order valence-corrected chi connectivity index (χ1v) is 6.97. The van der Waals surface area contributed by atoms with Crippen LogP contribution in [0.5, 0.6) is 0 Å². The fourth-order valence-corrected chi connectivity index (χ4v) is 2.22. The molecule has 0 fully saturated rings. The largest absolute Gasteiger partial charge is 0.462 e. The van der Waals surface area contributed by atoms with Crippen LogP contribution in [-0.4, -0.2) is 17.6 Å². The Labute approximate surface area is 123 Å². The Morgan fingerprint density at radius 1 is 1.20 bits per heavy atom. The number of nitrogens with zero attached hydrogens (tertiary/aromatic N) is 1. The summed E-state index contributed by atoms with van der Waals surface area (Å²) in [5, 5.41) is 0.644. The molecule has 0 spiro atoms. The fourth-order valence-electron chi connectivity index (χ4n) is 1.98. The zero-order valence-electron chi connectivity index (χ0n) is 11.5. The quantitative estimate of drug-likeness (QED) is 0.794. The number of aryl methyl sites for hydroxylation is 1. The van der Waals surface area contributed by atoms with Gasteiger partial charge in [-0.3, -0.25) is 4.98 Å². The highest BCUT2D eigenvalue weighted by Crippen LogP contribution is 2.27. The molecule has 0 unspecified atom stereocenters. The molecule has 0 aliphatic carbocycles. The Kier molecular flexibility index (Phi) is 4.74. The van der Waals surface area contributed by atoms with Crippen LogP contribution in [0.25, 0.3) is 11.3 Å². The molecule has 0 aliphatic rings. The van der Waals surface area contributed by atoms with Crippen LogP contribution in [-0.2, 0) is 11.2 Å². The summed E-state index contributed by atoms with van der Waals surface area (Å²) in [6, 6.07) is 11.1. The molecule has 2 aromatic rings. The molecule has 0 radical (unpaired) electrons. The molecule has 104 valence electrons. The number of ether oxygens (including phenoxy) is 1. The fraction of sp³-hybridized carbons (Fsp3) is 0.250. The lowest BCUT2D eigenvalue weighted by Crippen LogP contribution is -2.09. The van der Waals surface area contributed by atoms with Gasteiger partial charge < -0.3 is 4.74 Å². The number of esters is 1. The van der Waals surface area contributed by atoms with Crippen molar-refractivity contribution in [2.24, 2.45) is 0 Å². The van der Waals surface area contributed by atoms with Gasteiger partial charge in [-0.25, -0.2) is 4.79 Å². The van der Waals surface area contributed by atoms with Gasteiger partial charge in [0.05, 0.1) is 23.6 Å². The summed E-state index contributed by atoms with van der Waals surface area (Å²) >= 11 is 6.17. The van der Waals surface area contributed by atoms with Gasteiger partial charge in [-0.05, 0) is 31.5 Å². The van der Waals surface area contributed by atoms with Gasteiger partial charge in [0.2, 0.25) is 0 Å². The first-order valence-electron chi connectivity index (χ1n) is 6.59. The number of pyridine rings is 1. The maximum absolute atomic E-state index is 11.9. The molecule has 0 atom stereocenters. The van der Waals surface area contributed by atoms with Crippen LogP contribution in [0.3, 0.4) is 0 Å². The summed E-state index contributed by atoms with van der Waals surface area (Å²) < 4.78 is 5.03. The molecule has 4 heteroatoms. The van der Waals surface area contributed by atoms with E-state index in [9.17, 15) is 4.79 Å². The van der Waals surface area contributed by atoms with Crippen molar-refractivity contribution in [3.05, 3.63) is 52.7 Å². The Morgan fingerprint density at radius 2 is 1.95 bits per heavy atom. The molecule has 20 heavy (non-hydrogen) atoms. The van der Waals surface area contributed by atoms with Crippen LogP contribution < -0.4 is 0 Å². The molecule has 0 bridgehead atoms. The van der Waals surface area contributed by atoms with Crippen LogP contribution in [0.15, 0.2) is 36.4 Å². The second kappa shape index (κ2) is 6.53. The van der Waals surface area contributed by atoms with Gasteiger partial charge in [-0.2, -0.15) is 0 Å². The van der Waals surface area contributed by atoms with Crippen LogP contribution >= 0.6 is 11.6 Å². The van der Waals surface area contributed by atoms with Crippen molar-refractivity contribution in [2.75, 3.05) is 6.61 Å². The van der Waals surface area contributed by atoms with Crippen molar-refractivity contribution in [3.8, 4) is 11.3 Å². The monoisotopic (exact) mass is 289 g/mol. The smallest absolute Gasteiger partial charge is 0.339 e. The summed E-state index contributed by atoms with van der Waals surface area (Å²) in [4.78, 5) is 16.4. The minimum atomic E-state index is -0.331. The Bertz CT molecular complexity index is 626. The Hall–Kier alpha value is -1.87. The summed E-state index contributed by atoms with van der Waals surface area (Å²) in [5.74, 6) is -0.331. The molecule has 1 aromatic heterocycles. The lowest BCUT2D eigenvalue weighted by atomic mass is 10.1. The number of aromatic nitrogens is 1. The van der Waals surface area contributed by atoms with E-state index in [1.165, 1.54) is 0 Å². The first kappa shape index (κ1) is 14.5. The van der Waals surface area contributed by atoms with Gasteiger partial charge >= 0.3 is 5.97 Å². The second-order valence-electron chi connectivity index (χ2n) is 4.24. The van der Waals surface area contributed by atoms with Gasteiger partial charge in [-0.15, -0.1) is 0 Å². The molecule has 0 amide bonds. The van der Waals surface area contributed by atoms with Crippen molar-refractivity contribution >= 4 is 17.6 Å². The maximum atomic E-state index is 11.9. The van der Waals surface area contributed by atoms with Crippen molar-refractivity contribution in [1.82, 2.24) is 4.98 Å². The molecule has 0 saturated carbocycles. The Balaban J connectivity index is 2.45. The predicted molar refractivity (Wildman–Crippen MR) is 80.0 cm³/mol. The lowest BCUT2D eigenvalue weighted by molar-refractivity contribution is 0.0524. The van der Waals surface area contributed by atoms with Gasteiger partial charge in [-0.1, -0.05) is 36.7 Å². The minimum absolute atomic E-state index is 0.331. The standard InChI is InChI=1S/C16H16ClNO2/c1-3-14-12(16(19)20-4-2)9-10-15(18-14)11-7-5-6-8-13(11)17/h5-10H,3-4H2,1-2H3. The number of halogens is 1. The molecule has 0 aliphatic heterocycles. The van der Waals surface area contributed by atoms with Crippen molar-refractivity contribution < 1.29 is 9.53 Å². The molecular weight excluding hydrogens is 274 g/mol. The minimum Gasteiger partial charge on any atom is -0.462 e. The molecule has 0 N–H and O–H groups in total. The summed E-state index contributed by atoms with van der Waals surface area (Å²) in [7, 11) is 0. The summed E-state index contributed by atoms with van der Waals surface area (Å²) in [5.41, 5.74) is 2.87. The summed E-state index contributed by atoms with van der Waals surface area (Å²) in [6.07, 6.45) is 0.659. The number of hydrogen-bond acceptors (Lipinski definition) is 3. The van der Waals surface area contributed by atoms with E-state index in [0.717, 1.165) is 17.0 Å². The molecule has 3 nitrogen and oxygen atoms in total. The predicted octanol–water partition coefficient (Wildman–Crippen LogP) is 4.14. The van der Waals surface area contributed by atoms with E-state index in [4.69, 9.17) is 16.3 Å². The highest BCUT2D eigenvalue weighted by molar-refractivity contribution is 6.33. The third kappa shape index (κ3) is 2.99. The van der Waals surface area contributed by atoms with Gasteiger partial charge in [0.15, 0.2) is 0 Å². The summed E-state index contributed by atoms with van der Waals surface area (Å²) in [6.45, 7) is 4.10. The van der Waals surface area contributed by atoms with Gasteiger partial charge in [0.1, 0.15) is 0 Å².